The van der Waals surface area contributed by atoms with E-state index in [2.05, 4.69) is 76.2 Å². The summed E-state index contributed by atoms with van der Waals surface area (Å²) in [4.78, 5) is 2.68. The van der Waals surface area contributed by atoms with Crippen molar-refractivity contribution in [2.75, 3.05) is 5.75 Å². The SMILES string of the molecule is CCCCCCCCS(=O)(=O)Oc1ccc(C(C)(C)C)cc1.c1ccc([SH+]c2ccccc2)cc1. The fourth-order valence-electron chi connectivity index (χ4n) is 3.41. The fourth-order valence-corrected chi connectivity index (χ4v) is 5.40. The third-order valence-electron chi connectivity index (χ3n) is 5.46. The summed E-state index contributed by atoms with van der Waals surface area (Å²) in [6, 6.07) is 28.3. The largest absolute Gasteiger partial charge is 0.382 e. The zero-order valence-electron chi connectivity index (χ0n) is 21.6. The van der Waals surface area contributed by atoms with Crippen LogP contribution >= 0.6 is 0 Å². The first-order chi connectivity index (χ1) is 16.7. The quantitative estimate of drug-likeness (QED) is 0.113. The van der Waals surface area contributed by atoms with Gasteiger partial charge in [-0.2, -0.15) is 8.42 Å². The van der Waals surface area contributed by atoms with Gasteiger partial charge in [0.05, 0.1) is 5.75 Å². The van der Waals surface area contributed by atoms with Gasteiger partial charge in [-0.3, -0.25) is 0 Å². The number of hydrogen-bond acceptors (Lipinski definition) is 3. The Morgan fingerprint density at radius 2 is 1.17 bits per heavy atom. The molecule has 0 aliphatic rings. The minimum absolute atomic E-state index is 0.0515. The second-order valence-corrected chi connectivity index (χ2v) is 12.6. The summed E-state index contributed by atoms with van der Waals surface area (Å²) in [5.41, 5.74) is 1.21. The maximum atomic E-state index is 11.9. The zero-order chi connectivity index (χ0) is 25.6. The third-order valence-corrected chi connectivity index (χ3v) is 7.81. The van der Waals surface area contributed by atoms with Gasteiger partial charge < -0.3 is 4.18 Å². The summed E-state index contributed by atoms with van der Waals surface area (Å²) in [6.07, 6.45) is 6.34. The van der Waals surface area contributed by atoms with E-state index in [0.717, 1.165) is 18.4 Å². The van der Waals surface area contributed by atoms with Crippen LogP contribution in [0.5, 0.6) is 5.75 Å². The summed E-state index contributed by atoms with van der Waals surface area (Å²) < 4.78 is 29.1. The molecule has 0 fully saturated rings. The van der Waals surface area contributed by atoms with Crippen molar-refractivity contribution in [1.82, 2.24) is 0 Å². The van der Waals surface area contributed by atoms with E-state index in [-0.39, 0.29) is 11.2 Å². The Morgan fingerprint density at radius 1 is 0.686 bits per heavy atom. The van der Waals surface area contributed by atoms with Crippen molar-refractivity contribution in [1.29, 1.82) is 0 Å². The van der Waals surface area contributed by atoms with Crippen molar-refractivity contribution >= 4 is 21.9 Å². The predicted molar refractivity (Wildman–Crippen MR) is 151 cm³/mol. The molecule has 0 aromatic heterocycles. The van der Waals surface area contributed by atoms with Crippen molar-refractivity contribution < 1.29 is 12.6 Å². The van der Waals surface area contributed by atoms with Crippen LogP contribution in [0.25, 0.3) is 0 Å². The Balaban J connectivity index is 0.000000279. The van der Waals surface area contributed by atoms with Crippen molar-refractivity contribution in [3.05, 3.63) is 90.5 Å². The van der Waals surface area contributed by atoms with Crippen LogP contribution < -0.4 is 4.18 Å². The van der Waals surface area contributed by atoms with Gasteiger partial charge in [0, 0.05) is 11.8 Å². The average molecular weight is 514 g/mol. The standard InChI is InChI=1S/C18H30O3S.C12H10S/c1-5-6-7-8-9-10-15-22(19,20)21-17-13-11-16(12-14-17)18(2,3)4;1-3-7-11(8-4-1)13-12-9-5-2-6-10-12/h11-14H,5-10,15H2,1-4H3;1-10H/p+1. The molecule has 0 atom stereocenters. The van der Waals surface area contributed by atoms with Gasteiger partial charge in [0.15, 0.2) is 9.79 Å². The van der Waals surface area contributed by atoms with Crippen LogP contribution in [0.3, 0.4) is 0 Å². The first-order valence-electron chi connectivity index (χ1n) is 12.5. The molecule has 0 N–H and O–H groups in total. The summed E-state index contributed by atoms with van der Waals surface area (Å²) in [5, 5.41) is 0. The molecule has 0 heterocycles. The van der Waals surface area contributed by atoms with E-state index in [9.17, 15) is 8.42 Å². The second kappa shape index (κ2) is 15.0. The first kappa shape index (κ1) is 29.0. The van der Waals surface area contributed by atoms with Crippen LogP contribution in [0.2, 0.25) is 0 Å². The van der Waals surface area contributed by atoms with E-state index < -0.39 is 10.1 Å². The second-order valence-electron chi connectivity index (χ2n) is 9.67. The Labute approximate surface area is 217 Å². The van der Waals surface area contributed by atoms with Crippen molar-refractivity contribution in [2.24, 2.45) is 0 Å². The van der Waals surface area contributed by atoms with E-state index in [4.69, 9.17) is 4.18 Å². The number of hydrogen-bond donors (Lipinski definition) is 0. The van der Waals surface area contributed by atoms with Crippen LogP contribution in [-0.4, -0.2) is 14.2 Å². The van der Waals surface area contributed by atoms with E-state index in [1.165, 1.54) is 40.8 Å². The summed E-state index contributed by atoms with van der Waals surface area (Å²) in [5.74, 6) is 0.499. The third kappa shape index (κ3) is 12.3. The Bertz CT molecular complexity index is 1020. The molecular formula is C30H41O3S2+. The molecule has 0 spiro atoms. The lowest BCUT2D eigenvalue weighted by atomic mass is 9.87. The zero-order valence-corrected chi connectivity index (χ0v) is 23.3. The molecule has 0 unspecified atom stereocenters. The van der Waals surface area contributed by atoms with Gasteiger partial charge in [-0.15, -0.1) is 0 Å². The molecular weight excluding hydrogens is 472 g/mol. The molecule has 0 amide bonds. The summed E-state index contributed by atoms with van der Waals surface area (Å²) >= 11 is 1.28. The van der Waals surface area contributed by atoms with Gasteiger partial charge in [-0.1, -0.05) is 108 Å². The van der Waals surface area contributed by atoms with Crippen molar-refractivity contribution in [3.63, 3.8) is 0 Å². The Hall–Kier alpha value is -2.24. The predicted octanol–water partition coefficient (Wildman–Crippen LogP) is 7.97. The van der Waals surface area contributed by atoms with Crippen molar-refractivity contribution in [2.45, 2.75) is 81.4 Å². The monoisotopic (exact) mass is 513 g/mol. The van der Waals surface area contributed by atoms with Crippen LogP contribution in [0.1, 0.15) is 71.8 Å². The van der Waals surface area contributed by atoms with Gasteiger partial charge in [0.1, 0.15) is 5.75 Å². The Morgan fingerprint density at radius 3 is 1.66 bits per heavy atom. The van der Waals surface area contributed by atoms with E-state index in [1.807, 2.05) is 24.3 Å². The molecule has 0 bridgehead atoms. The maximum absolute atomic E-state index is 11.9. The van der Waals surface area contributed by atoms with Gasteiger partial charge in [-0.25, -0.2) is 0 Å². The minimum Gasteiger partial charge on any atom is -0.382 e. The average Bonchev–Trinajstić information content (AvgIpc) is 2.83. The molecule has 0 saturated heterocycles. The van der Waals surface area contributed by atoms with E-state index >= 15 is 0 Å². The van der Waals surface area contributed by atoms with E-state index in [0.29, 0.717) is 12.2 Å². The lowest BCUT2D eigenvalue weighted by Crippen LogP contribution is -2.14. The van der Waals surface area contributed by atoms with Gasteiger partial charge in [0.2, 0.25) is 0 Å². The molecule has 0 saturated carbocycles. The molecule has 5 heteroatoms. The highest BCUT2D eigenvalue weighted by Gasteiger charge is 2.15. The highest BCUT2D eigenvalue weighted by Crippen LogP contribution is 2.25. The first-order valence-corrected chi connectivity index (χ1v) is 15.0. The summed E-state index contributed by atoms with van der Waals surface area (Å²) in [7, 11) is -3.48. The molecule has 3 rings (SSSR count). The van der Waals surface area contributed by atoms with Crippen LogP contribution in [0.4, 0.5) is 0 Å². The molecule has 3 aromatic carbocycles. The maximum Gasteiger partial charge on any atom is 0.309 e. The lowest BCUT2D eigenvalue weighted by molar-refractivity contribution is 0.481. The Kier molecular flexibility index (Phi) is 12.4. The van der Waals surface area contributed by atoms with E-state index in [1.54, 1.807) is 12.1 Å². The number of rotatable bonds is 11. The number of benzene rings is 3. The van der Waals surface area contributed by atoms with Gasteiger partial charge >= 0.3 is 10.1 Å². The number of unbranched alkanes of at least 4 members (excludes halogenated alkanes) is 5. The highest BCUT2D eigenvalue weighted by molar-refractivity contribution is 7.87. The minimum atomic E-state index is -3.48. The molecule has 0 aliphatic carbocycles. The molecule has 3 nitrogen and oxygen atoms in total. The lowest BCUT2D eigenvalue weighted by Gasteiger charge is -2.19. The normalized spacial score (nSPS) is 11.4. The molecule has 3 aromatic rings. The fraction of sp³-hybridized carbons (Fsp3) is 0.400. The van der Waals surface area contributed by atoms with Crippen LogP contribution in [-0.2, 0) is 27.3 Å². The summed E-state index contributed by atoms with van der Waals surface area (Å²) in [6.45, 7) is 8.54. The smallest absolute Gasteiger partial charge is 0.309 e. The molecule has 0 aliphatic heterocycles. The van der Waals surface area contributed by atoms with Crippen molar-refractivity contribution in [3.8, 4) is 5.75 Å². The van der Waals surface area contributed by atoms with Crippen LogP contribution in [0.15, 0.2) is 94.7 Å². The topological polar surface area (TPSA) is 43.4 Å². The highest BCUT2D eigenvalue weighted by atomic mass is 32.2. The van der Waals surface area contributed by atoms with Gasteiger partial charge in [-0.05, 0) is 53.8 Å². The molecule has 35 heavy (non-hydrogen) atoms. The number of thiol groups is 1. The molecule has 0 radical (unpaired) electrons. The van der Waals surface area contributed by atoms with Crippen LogP contribution in [0, 0.1) is 0 Å². The van der Waals surface area contributed by atoms with Gasteiger partial charge in [0.25, 0.3) is 0 Å². The molecule has 190 valence electrons.